The molecule has 21 heavy (non-hydrogen) atoms. The molecular weight excluding hydrogens is 254 g/mol. The average Bonchev–Trinajstić information content (AvgIpc) is 2.49. The monoisotopic (exact) mass is 287 g/mol. The van der Waals surface area contributed by atoms with E-state index in [1.165, 1.54) is 50.6 Å². The van der Waals surface area contributed by atoms with Gasteiger partial charge in [-0.3, -0.25) is 0 Å². The van der Waals surface area contributed by atoms with Gasteiger partial charge < -0.3 is 5.32 Å². The SMILES string of the molecule is Cc1ccccc1CC(CNCC(C)C)C1CCCCC1. The highest BCUT2D eigenvalue weighted by molar-refractivity contribution is 5.26. The van der Waals surface area contributed by atoms with Crippen molar-refractivity contribution in [3.63, 3.8) is 0 Å². The van der Waals surface area contributed by atoms with Crippen LogP contribution >= 0.6 is 0 Å². The Morgan fingerprint density at radius 3 is 2.43 bits per heavy atom. The highest BCUT2D eigenvalue weighted by atomic mass is 14.9. The van der Waals surface area contributed by atoms with Crippen LogP contribution in [0.2, 0.25) is 0 Å². The van der Waals surface area contributed by atoms with Gasteiger partial charge in [-0.15, -0.1) is 0 Å². The van der Waals surface area contributed by atoms with Gasteiger partial charge in [-0.1, -0.05) is 70.2 Å². The molecular formula is C20H33N. The van der Waals surface area contributed by atoms with E-state index in [4.69, 9.17) is 0 Å². The molecule has 0 heterocycles. The summed E-state index contributed by atoms with van der Waals surface area (Å²) < 4.78 is 0. The molecule has 118 valence electrons. The van der Waals surface area contributed by atoms with E-state index in [2.05, 4.69) is 50.4 Å². The van der Waals surface area contributed by atoms with Gasteiger partial charge in [0.1, 0.15) is 0 Å². The van der Waals surface area contributed by atoms with E-state index in [0.29, 0.717) is 0 Å². The van der Waals surface area contributed by atoms with Crippen LogP contribution < -0.4 is 5.32 Å². The Bertz CT molecular complexity index is 404. The van der Waals surface area contributed by atoms with E-state index >= 15 is 0 Å². The van der Waals surface area contributed by atoms with Crippen LogP contribution in [-0.4, -0.2) is 13.1 Å². The Morgan fingerprint density at radius 2 is 1.76 bits per heavy atom. The summed E-state index contributed by atoms with van der Waals surface area (Å²) in [5.41, 5.74) is 3.02. The fourth-order valence-corrected chi connectivity index (χ4v) is 3.69. The van der Waals surface area contributed by atoms with Crippen molar-refractivity contribution < 1.29 is 0 Å². The van der Waals surface area contributed by atoms with Gasteiger partial charge in [-0.05, 0) is 55.3 Å². The van der Waals surface area contributed by atoms with Crippen LogP contribution in [0, 0.1) is 24.7 Å². The molecule has 1 heteroatoms. The normalized spacial score (nSPS) is 18.1. The lowest BCUT2D eigenvalue weighted by molar-refractivity contribution is 0.237. The molecule has 1 nitrogen and oxygen atoms in total. The Hall–Kier alpha value is -0.820. The van der Waals surface area contributed by atoms with Crippen molar-refractivity contribution in [3.05, 3.63) is 35.4 Å². The molecule has 0 aromatic heterocycles. The van der Waals surface area contributed by atoms with E-state index in [1.807, 2.05) is 0 Å². The third-order valence-electron chi connectivity index (χ3n) is 5.02. The summed E-state index contributed by atoms with van der Waals surface area (Å²) in [7, 11) is 0. The van der Waals surface area contributed by atoms with Crippen LogP contribution in [0.1, 0.15) is 57.1 Å². The highest BCUT2D eigenvalue weighted by Gasteiger charge is 2.24. The zero-order chi connectivity index (χ0) is 15.1. The number of rotatable bonds is 7. The topological polar surface area (TPSA) is 12.0 Å². The largest absolute Gasteiger partial charge is 0.316 e. The molecule has 1 saturated carbocycles. The minimum Gasteiger partial charge on any atom is -0.316 e. The molecule has 0 saturated heterocycles. The van der Waals surface area contributed by atoms with E-state index in [0.717, 1.165) is 24.3 Å². The molecule has 1 aromatic rings. The second-order valence-electron chi connectivity index (χ2n) is 7.34. The molecule has 0 radical (unpaired) electrons. The molecule has 0 aliphatic heterocycles. The van der Waals surface area contributed by atoms with Gasteiger partial charge in [0.15, 0.2) is 0 Å². The molecule has 1 aromatic carbocycles. The third-order valence-corrected chi connectivity index (χ3v) is 5.02. The van der Waals surface area contributed by atoms with Crippen molar-refractivity contribution in [2.75, 3.05) is 13.1 Å². The lowest BCUT2D eigenvalue weighted by atomic mass is 9.77. The third kappa shape index (κ3) is 5.47. The number of nitrogens with one attached hydrogen (secondary N) is 1. The molecule has 1 N–H and O–H groups in total. The van der Waals surface area contributed by atoms with Crippen LogP contribution in [0.15, 0.2) is 24.3 Å². The first-order chi connectivity index (χ1) is 10.2. The maximum absolute atomic E-state index is 3.72. The van der Waals surface area contributed by atoms with Gasteiger partial charge >= 0.3 is 0 Å². The summed E-state index contributed by atoms with van der Waals surface area (Å²) in [6.07, 6.45) is 8.48. The molecule has 2 rings (SSSR count). The van der Waals surface area contributed by atoms with Gasteiger partial charge in [0.2, 0.25) is 0 Å². The zero-order valence-corrected chi connectivity index (χ0v) is 14.2. The Kier molecular flexibility index (Phi) is 6.76. The summed E-state index contributed by atoms with van der Waals surface area (Å²) in [5.74, 6) is 2.48. The van der Waals surface area contributed by atoms with E-state index in [9.17, 15) is 0 Å². The second-order valence-corrected chi connectivity index (χ2v) is 7.34. The summed E-state index contributed by atoms with van der Waals surface area (Å²) in [4.78, 5) is 0. The lowest BCUT2D eigenvalue weighted by Crippen LogP contribution is -2.33. The summed E-state index contributed by atoms with van der Waals surface area (Å²) in [6.45, 7) is 9.19. The number of benzene rings is 1. The molecule has 1 unspecified atom stereocenters. The second kappa shape index (κ2) is 8.58. The maximum Gasteiger partial charge on any atom is -0.00146 e. The lowest BCUT2D eigenvalue weighted by Gasteiger charge is -2.31. The van der Waals surface area contributed by atoms with Crippen molar-refractivity contribution in [3.8, 4) is 0 Å². The zero-order valence-electron chi connectivity index (χ0n) is 14.2. The Morgan fingerprint density at radius 1 is 1.05 bits per heavy atom. The minimum atomic E-state index is 0.746. The van der Waals surface area contributed by atoms with Crippen LogP contribution in [0.5, 0.6) is 0 Å². The maximum atomic E-state index is 3.72. The van der Waals surface area contributed by atoms with Gasteiger partial charge in [-0.25, -0.2) is 0 Å². The fraction of sp³-hybridized carbons (Fsp3) is 0.700. The highest BCUT2D eigenvalue weighted by Crippen LogP contribution is 2.32. The first-order valence-electron chi connectivity index (χ1n) is 8.92. The smallest absolute Gasteiger partial charge is 0.00146 e. The van der Waals surface area contributed by atoms with E-state index in [-0.39, 0.29) is 0 Å². The molecule has 1 atom stereocenters. The van der Waals surface area contributed by atoms with Crippen LogP contribution in [0.25, 0.3) is 0 Å². The first-order valence-corrected chi connectivity index (χ1v) is 8.92. The van der Waals surface area contributed by atoms with Crippen LogP contribution in [0.3, 0.4) is 0 Å². The minimum absolute atomic E-state index is 0.746. The van der Waals surface area contributed by atoms with Crippen LogP contribution in [0.4, 0.5) is 0 Å². The van der Waals surface area contributed by atoms with E-state index in [1.54, 1.807) is 5.56 Å². The Labute approximate surface area is 131 Å². The number of hydrogen-bond donors (Lipinski definition) is 1. The summed E-state index contributed by atoms with van der Waals surface area (Å²) in [5, 5.41) is 3.72. The molecule has 1 fully saturated rings. The first kappa shape index (κ1) is 16.5. The molecule has 0 amide bonds. The number of aryl methyl sites for hydroxylation is 1. The summed E-state index contributed by atoms with van der Waals surface area (Å²) in [6, 6.07) is 8.94. The predicted molar refractivity (Wildman–Crippen MR) is 92.7 cm³/mol. The number of hydrogen-bond acceptors (Lipinski definition) is 1. The molecule has 0 bridgehead atoms. The fourth-order valence-electron chi connectivity index (χ4n) is 3.69. The van der Waals surface area contributed by atoms with Crippen molar-refractivity contribution in [2.24, 2.45) is 17.8 Å². The van der Waals surface area contributed by atoms with Crippen molar-refractivity contribution >= 4 is 0 Å². The molecule has 1 aliphatic carbocycles. The van der Waals surface area contributed by atoms with Gasteiger partial charge in [-0.2, -0.15) is 0 Å². The average molecular weight is 287 g/mol. The molecule has 1 aliphatic rings. The van der Waals surface area contributed by atoms with Gasteiger partial charge in [0, 0.05) is 0 Å². The standard InChI is InChI=1S/C20H33N/c1-16(2)14-21-15-20(18-10-5-4-6-11-18)13-19-12-8-7-9-17(19)3/h7-9,12,16,18,20-21H,4-6,10-11,13-15H2,1-3H3. The predicted octanol–water partition coefficient (Wildman–Crippen LogP) is 4.98. The van der Waals surface area contributed by atoms with Crippen molar-refractivity contribution in [1.82, 2.24) is 5.32 Å². The quantitative estimate of drug-likeness (QED) is 0.746. The van der Waals surface area contributed by atoms with E-state index < -0.39 is 0 Å². The van der Waals surface area contributed by atoms with Crippen molar-refractivity contribution in [2.45, 2.75) is 59.3 Å². The van der Waals surface area contributed by atoms with Gasteiger partial charge in [0.05, 0.1) is 0 Å². The van der Waals surface area contributed by atoms with Crippen molar-refractivity contribution in [1.29, 1.82) is 0 Å². The molecule has 0 spiro atoms. The summed E-state index contributed by atoms with van der Waals surface area (Å²) >= 11 is 0. The van der Waals surface area contributed by atoms with Crippen LogP contribution in [-0.2, 0) is 6.42 Å². The van der Waals surface area contributed by atoms with Gasteiger partial charge in [0.25, 0.3) is 0 Å². The Balaban J connectivity index is 1.98.